The van der Waals surface area contributed by atoms with E-state index < -0.39 is 0 Å². The molecule has 6 aromatic rings. The smallest absolute Gasteiger partial charge is 0.182 e. The Morgan fingerprint density at radius 3 is 2.29 bits per heavy atom. The number of H-pyrrole nitrogens is 2. The largest absolute Gasteiger partial charge is 0.322 e. The van der Waals surface area contributed by atoms with Crippen molar-refractivity contribution in [2.24, 2.45) is 0 Å². The van der Waals surface area contributed by atoms with E-state index in [1.54, 1.807) is 11.3 Å². The van der Waals surface area contributed by atoms with E-state index in [4.69, 9.17) is 4.98 Å². The second kappa shape index (κ2) is 8.84. The van der Waals surface area contributed by atoms with E-state index in [-0.39, 0.29) is 0 Å². The summed E-state index contributed by atoms with van der Waals surface area (Å²) in [5.74, 6) is 2.40. The Balaban J connectivity index is 1.39. The highest BCUT2D eigenvalue weighted by atomic mass is 32.1. The number of aryl methyl sites for hydroxylation is 2. The fourth-order valence-electron chi connectivity index (χ4n) is 4.47. The number of nitrogens with one attached hydrogen (secondary N) is 2. The van der Waals surface area contributed by atoms with Crippen LogP contribution in [0, 0.1) is 6.92 Å². The van der Waals surface area contributed by atoms with E-state index in [1.165, 1.54) is 5.56 Å². The number of thiophene rings is 1. The molecular weight excluding hydrogens is 460 g/mol. The van der Waals surface area contributed by atoms with Crippen molar-refractivity contribution in [2.75, 3.05) is 0 Å². The van der Waals surface area contributed by atoms with E-state index in [9.17, 15) is 0 Å². The average molecular weight is 483 g/mol. The van der Waals surface area contributed by atoms with Crippen LogP contribution in [0.4, 0.5) is 0 Å². The van der Waals surface area contributed by atoms with E-state index >= 15 is 0 Å². The number of aromatic amines is 2. The Morgan fingerprint density at radius 2 is 1.60 bits per heavy atom. The van der Waals surface area contributed by atoms with Crippen LogP contribution in [0.5, 0.6) is 0 Å². The van der Waals surface area contributed by atoms with Crippen molar-refractivity contribution in [1.82, 2.24) is 50.8 Å². The summed E-state index contributed by atoms with van der Waals surface area (Å²) in [6, 6.07) is 16.7. The van der Waals surface area contributed by atoms with Crippen molar-refractivity contribution in [3.05, 3.63) is 64.8 Å². The van der Waals surface area contributed by atoms with Crippen LogP contribution in [0.1, 0.15) is 29.6 Å². The Morgan fingerprint density at radius 1 is 0.886 bits per heavy atom. The van der Waals surface area contributed by atoms with Crippen LogP contribution in [0.3, 0.4) is 0 Å². The molecule has 4 heterocycles. The lowest BCUT2D eigenvalue weighted by Crippen LogP contribution is -2.06. The highest BCUT2D eigenvalue weighted by Gasteiger charge is 2.22. The van der Waals surface area contributed by atoms with Crippen LogP contribution in [-0.2, 0) is 13.0 Å². The van der Waals surface area contributed by atoms with Gasteiger partial charge in [0.2, 0.25) is 0 Å². The molecule has 4 aromatic heterocycles. The second-order valence-corrected chi connectivity index (χ2v) is 9.50. The molecule has 0 spiro atoms. The molecule has 0 aliphatic heterocycles. The minimum absolute atomic E-state index is 0.650. The van der Waals surface area contributed by atoms with Crippen molar-refractivity contribution in [2.45, 2.75) is 33.2 Å². The van der Waals surface area contributed by atoms with Gasteiger partial charge in [-0.15, -0.1) is 21.5 Å². The Labute approximate surface area is 204 Å². The summed E-state index contributed by atoms with van der Waals surface area (Å²) in [6.45, 7) is 4.98. The van der Waals surface area contributed by atoms with Crippen LogP contribution in [0.2, 0.25) is 0 Å². The average Bonchev–Trinajstić information content (AvgIpc) is 3.67. The van der Waals surface area contributed by atoms with Gasteiger partial charge in [-0.05, 0) is 50.9 Å². The molecule has 0 aliphatic carbocycles. The molecule has 0 amide bonds. The van der Waals surface area contributed by atoms with Crippen molar-refractivity contribution in [3.63, 3.8) is 0 Å². The maximum Gasteiger partial charge on any atom is 0.182 e. The highest BCUT2D eigenvalue weighted by Crippen LogP contribution is 2.38. The zero-order valence-electron chi connectivity index (χ0n) is 19.2. The van der Waals surface area contributed by atoms with Crippen LogP contribution in [-0.4, -0.2) is 50.8 Å². The third-order valence-electron chi connectivity index (χ3n) is 6.04. The van der Waals surface area contributed by atoms with Crippen LogP contribution >= 0.6 is 11.3 Å². The van der Waals surface area contributed by atoms with Gasteiger partial charge in [0.15, 0.2) is 11.6 Å². The van der Waals surface area contributed by atoms with Gasteiger partial charge in [0.25, 0.3) is 0 Å². The minimum Gasteiger partial charge on any atom is -0.322 e. The molecule has 6 rings (SSSR count). The fourth-order valence-corrected chi connectivity index (χ4v) is 5.51. The fraction of sp³-hybridized carbons (Fsp3) is 0.208. The van der Waals surface area contributed by atoms with Gasteiger partial charge in [0.1, 0.15) is 10.7 Å². The number of tetrazole rings is 2. The topological polar surface area (TPSA) is 127 Å². The van der Waals surface area contributed by atoms with Gasteiger partial charge in [-0.2, -0.15) is 0 Å². The first kappa shape index (κ1) is 21.3. The molecule has 35 heavy (non-hydrogen) atoms. The molecular formula is C24H22N10S. The summed E-state index contributed by atoms with van der Waals surface area (Å²) in [5.41, 5.74) is 6.44. The predicted octanol–water partition coefficient (Wildman–Crippen LogP) is 4.43. The molecule has 0 bridgehead atoms. The summed E-state index contributed by atoms with van der Waals surface area (Å²) in [7, 11) is 0. The van der Waals surface area contributed by atoms with Gasteiger partial charge in [-0.25, -0.2) is 15.2 Å². The summed E-state index contributed by atoms with van der Waals surface area (Å²) in [4.78, 5) is 7.13. The zero-order valence-corrected chi connectivity index (χ0v) is 20.0. The van der Waals surface area contributed by atoms with E-state index in [0.29, 0.717) is 18.2 Å². The number of benzene rings is 2. The first-order chi connectivity index (χ1) is 17.2. The lowest BCUT2D eigenvalue weighted by Gasteiger charge is -2.12. The molecule has 0 unspecified atom stereocenters. The minimum atomic E-state index is 0.650. The summed E-state index contributed by atoms with van der Waals surface area (Å²) < 4.78 is 2.31. The molecule has 10 nitrogen and oxygen atoms in total. The Hall–Kier alpha value is -4.25. The lowest BCUT2D eigenvalue weighted by molar-refractivity contribution is 0.722. The summed E-state index contributed by atoms with van der Waals surface area (Å²) >= 11 is 1.68. The normalized spacial score (nSPS) is 11.5. The van der Waals surface area contributed by atoms with Gasteiger partial charge in [-0.1, -0.05) is 55.5 Å². The number of aromatic nitrogens is 10. The molecule has 0 saturated carbocycles. The summed E-state index contributed by atoms with van der Waals surface area (Å²) in [6.07, 6.45) is 1.93. The van der Waals surface area contributed by atoms with Gasteiger partial charge in [0.05, 0.1) is 11.1 Å². The van der Waals surface area contributed by atoms with Crippen molar-refractivity contribution in [3.8, 4) is 33.9 Å². The maximum atomic E-state index is 4.97. The second-order valence-electron chi connectivity index (χ2n) is 8.29. The first-order valence-corrected chi connectivity index (χ1v) is 12.2. The monoisotopic (exact) mass is 482 g/mol. The number of fused-ring (bicyclic) bond motifs is 1. The highest BCUT2D eigenvalue weighted by molar-refractivity contribution is 7.19. The van der Waals surface area contributed by atoms with E-state index in [1.807, 2.05) is 18.2 Å². The van der Waals surface area contributed by atoms with E-state index in [2.05, 4.69) is 90.0 Å². The molecule has 2 N–H and O–H groups in total. The molecule has 0 fully saturated rings. The standard InChI is InChI=1S/C24H22N10S/c1-3-6-19-25-24-21(20(14(2)35-24)23-28-32-33-29-23)34(19)13-15-9-11-16(12-10-15)17-7-4-5-8-18(17)22-26-30-31-27-22/h4-5,7-12H,3,6,13H2,1-2H3,(H,26,27,30,31)(H,28,29,32,33). The molecule has 2 aromatic carbocycles. The van der Waals surface area contributed by atoms with Gasteiger partial charge in [-0.3, -0.25) is 0 Å². The maximum absolute atomic E-state index is 4.97. The SMILES string of the molecule is CCCc1nc2sc(C)c(-c3nnn[nH]3)c2n1Cc1ccc(-c2ccccc2-c2nnn[nH]2)cc1. The zero-order chi connectivity index (χ0) is 23.8. The van der Waals surface area contributed by atoms with Crippen LogP contribution in [0.25, 0.3) is 44.2 Å². The van der Waals surface area contributed by atoms with Crippen molar-refractivity contribution >= 4 is 21.7 Å². The molecule has 0 atom stereocenters. The number of nitrogens with zero attached hydrogens (tertiary/aromatic N) is 8. The van der Waals surface area contributed by atoms with Crippen molar-refractivity contribution < 1.29 is 0 Å². The molecule has 11 heteroatoms. The Kier molecular flexibility index (Phi) is 5.38. The third kappa shape index (κ3) is 3.79. The number of rotatable bonds is 7. The van der Waals surface area contributed by atoms with E-state index in [0.717, 1.165) is 56.1 Å². The third-order valence-corrected chi connectivity index (χ3v) is 7.03. The van der Waals surface area contributed by atoms with Gasteiger partial charge in [0, 0.05) is 23.4 Å². The first-order valence-electron chi connectivity index (χ1n) is 11.4. The van der Waals surface area contributed by atoms with Crippen LogP contribution < -0.4 is 0 Å². The molecule has 0 saturated heterocycles. The molecule has 0 radical (unpaired) electrons. The lowest BCUT2D eigenvalue weighted by atomic mass is 9.98. The molecule has 174 valence electrons. The quantitative estimate of drug-likeness (QED) is 0.344. The number of imidazole rings is 1. The summed E-state index contributed by atoms with van der Waals surface area (Å²) in [5, 5.41) is 29.1. The van der Waals surface area contributed by atoms with Gasteiger partial charge < -0.3 is 4.57 Å². The Bertz CT molecular complexity index is 1580. The number of hydrogen-bond acceptors (Lipinski definition) is 8. The van der Waals surface area contributed by atoms with Crippen LogP contribution in [0.15, 0.2) is 48.5 Å². The molecule has 0 aliphatic rings. The predicted molar refractivity (Wildman–Crippen MR) is 134 cm³/mol. The van der Waals surface area contributed by atoms with Crippen molar-refractivity contribution in [1.29, 1.82) is 0 Å². The number of hydrogen-bond donors (Lipinski definition) is 2. The van der Waals surface area contributed by atoms with Gasteiger partial charge >= 0.3 is 0 Å².